The molecule has 1 aliphatic rings. The van der Waals surface area contributed by atoms with Gasteiger partial charge in [0.1, 0.15) is 17.2 Å². The van der Waals surface area contributed by atoms with Gasteiger partial charge in [0, 0.05) is 25.6 Å². The van der Waals surface area contributed by atoms with Gasteiger partial charge in [-0.15, -0.1) is 0 Å². The highest BCUT2D eigenvalue weighted by atomic mass is 19.1. The number of nitrogens with zero attached hydrogens (tertiary/aromatic N) is 1. The molecular weight excluding hydrogens is 399 g/mol. The molecule has 1 aromatic rings. The van der Waals surface area contributed by atoms with Crippen LogP contribution in [0, 0.1) is 11.7 Å². The molecule has 1 saturated heterocycles. The number of rotatable bonds is 10. The second-order valence-electron chi connectivity index (χ2n) is 9.21. The Morgan fingerprint density at radius 1 is 1.16 bits per heavy atom. The van der Waals surface area contributed by atoms with E-state index >= 15 is 0 Å². The fraction of sp³-hybridized carbons (Fsp3) is 0.667. The number of nitrogens with two attached hydrogens (primary N) is 1. The Hall–Kier alpha value is -2.15. The molecule has 1 amide bonds. The summed E-state index contributed by atoms with van der Waals surface area (Å²) in [6, 6.07) is 4.44. The molecule has 0 bridgehead atoms. The third-order valence-corrected chi connectivity index (χ3v) is 5.39. The summed E-state index contributed by atoms with van der Waals surface area (Å²) in [4.78, 5) is 26.0. The van der Waals surface area contributed by atoms with Crippen LogP contribution in [0.4, 0.5) is 9.18 Å². The largest absolute Gasteiger partial charge is 0.493 e. The van der Waals surface area contributed by atoms with Gasteiger partial charge in [-0.25, -0.2) is 9.18 Å². The molecule has 0 atom stereocenters. The highest BCUT2D eigenvalue weighted by Crippen LogP contribution is 2.24. The molecule has 7 heteroatoms. The first-order valence-corrected chi connectivity index (χ1v) is 11.3. The fourth-order valence-electron chi connectivity index (χ4n) is 3.67. The second kappa shape index (κ2) is 12.0. The van der Waals surface area contributed by atoms with Gasteiger partial charge in [0.2, 0.25) is 0 Å². The lowest BCUT2D eigenvalue weighted by Gasteiger charge is -2.33. The highest BCUT2D eigenvalue weighted by molar-refractivity contribution is 5.96. The van der Waals surface area contributed by atoms with Gasteiger partial charge < -0.3 is 20.1 Å². The van der Waals surface area contributed by atoms with Crippen molar-refractivity contribution in [3.63, 3.8) is 0 Å². The van der Waals surface area contributed by atoms with E-state index in [0.29, 0.717) is 50.8 Å². The SMILES string of the molecule is CC(C)(C)OC(=O)N1CCC(CCCOc2ccc(C(=O)CCCCN)c(F)c2)CC1. The van der Waals surface area contributed by atoms with Crippen molar-refractivity contribution >= 4 is 11.9 Å². The van der Waals surface area contributed by atoms with Crippen molar-refractivity contribution in [2.75, 3.05) is 26.2 Å². The Bertz CT molecular complexity index is 725. The zero-order chi connectivity index (χ0) is 22.9. The first-order chi connectivity index (χ1) is 14.7. The maximum Gasteiger partial charge on any atom is 0.410 e. The van der Waals surface area contributed by atoms with E-state index in [1.807, 2.05) is 20.8 Å². The maximum atomic E-state index is 14.2. The van der Waals surface area contributed by atoms with Gasteiger partial charge >= 0.3 is 6.09 Å². The molecule has 2 rings (SSSR count). The minimum atomic E-state index is -0.537. The Kier molecular flexibility index (Phi) is 9.75. The zero-order valence-corrected chi connectivity index (χ0v) is 19.1. The Labute approximate surface area is 185 Å². The molecule has 0 spiro atoms. The number of halogens is 1. The van der Waals surface area contributed by atoms with Crippen LogP contribution in [-0.4, -0.2) is 48.6 Å². The summed E-state index contributed by atoms with van der Waals surface area (Å²) in [5, 5.41) is 0. The first kappa shape index (κ1) is 25.1. The van der Waals surface area contributed by atoms with Gasteiger partial charge in [-0.2, -0.15) is 0 Å². The van der Waals surface area contributed by atoms with Crippen molar-refractivity contribution in [2.24, 2.45) is 11.7 Å². The van der Waals surface area contributed by atoms with Gasteiger partial charge in [0.25, 0.3) is 0 Å². The minimum absolute atomic E-state index is 0.112. The van der Waals surface area contributed by atoms with E-state index in [4.69, 9.17) is 15.2 Å². The van der Waals surface area contributed by atoms with Crippen LogP contribution in [0.25, 0.3) is 0 Å². The number of hydrogen-bond donors (Lipinski definition) is 1. The summed E-state index contributed by atoms with van der Waals surface area (Å²) in [5.74, 6) is 0.253. The van der Waals surface area contributed by atoms with E-state index in [1.165, 1.54) is 12.1 Å². The predicted octanol–water partition coefficient (Wildman–Crippen LogP) is 4.94. The molecule has 0 saturated carbocycles. The van der Waals surface area contributed by atoms with Crippen LogP contribution in [0.5, 0.6) is 5.75 Å². The molecule has 31 heavy (non-hydrogen) atoms. The molecular formula is C24H37FN2O4. The molecule has 2 N–H and O–H groups in total. The highest BCUT2D eigenvalue weighted by Gasteiger charge is 2.26. The molecule has 0 aliphatic carbocycles. The van der Waals surface area contributed by atoms with Crippen LogP contribution in [0.3, 0.4) is 0 Å². The van der Waals surface area contributed by atoms with Crippen LogP contribution in [0.15, 0.2) is 18.2 Å². The van der Waals surface area contributed by atoms with Gasteiger partial charge in [0.15, 0.2) is 5.78 Å². The zero-order valence-electron chi connectivity index (χ0n) is 19.1. The molecule has 0 unspecified atom stereocenters. The number of likely N-dealkylation sites (tertiary alicyclic amines) is 1. The monoisotopic (exact) mass is 436 g/mol. The molecule has 1 aromatic carbocycles. The summed E-state index contributed by atoms with van der Waals surface area (Å²) in [7, 11) is 0. The molecule has 174 valence electrons. The predicted molar refractivity (Wildman–Crippen MR) is 119 cm³/mol. The van der Waals surface area contributed by atoms with Crippen molar-refractivity contribution in [3.05, 3.63) is 29.6 Å². The first-order valence-electron chi connectivity index (χ1n) is 11.3. The molecule has 1 aliphatic heterocycles. The van der Waals surface area contributed by atoms with Crippen molar-refractivity contribution in [2.45, 2.75) is 71.3 Å². The average Bonchev–Trinajstić information content (AvgIpc) is 2.70. The lowest BCUT2D eigenvalue weighted by Crippen LogP contribution is -2.41. The number of piperidine rings is 1. The second-order valence-corrected chi connectivity index (χ2v) is 9.21. The van der Waals surface area contributed by atoms with Crippen molar-refractivity contribution in [3.8, 4) is 5.75 Å². The van der Waals surface area contributed by atoms with Crippen molar-refractivity contribution in [1.82, 2.24) is 4.90 Å². The number of carbonyl (C=O) groups is 2. The standard InChI is InChI=1S/C24H37FN2O4/c1-24(2,3)31-23(29)27-14-11-18(12-15-27)7-6-16-30-19-9-10-20(21(25)17-19)22(28)8-4-5-13-26/h9-10,17-18H,4-8,11-16,26H2,1-3H3. The quantitative estimate of drug-likeness (QED) is 0.415. The van der Waals surface area contributed by atoms with E-state index in [2.05, 4.69) is 0 Å². The number of ether oxygens (including phenoxy) is 2. The van der Waals surface area contributed by atoms with Crippen LogP contribution in [0.2, 0.25) is 0 Å². The number of Topliss-reactive ketones (excluding diaryl/α,β-unsaturated/α-hetero) is 1. The summed E-state index contributed by atoms with van der Waals surface area (Å²) in [5.41, 5.74) is 5.06. The van der Waals surface area contributed by atoms with Crippen LogP contribution >= 0.6 is 0 Å². The number of ketones is 1. The van der Waals surface area contributed by atoms with Crippen molar-refractivity contribution in [1.29, 1.82) is 0 Å². The van der Waals surface area contributed by atoms with Gasteiger partial charge in [-0.3, -0.25) is 4.79 Å². The molecule has 1 fully saturated rings. The Morgan fingerprint density at radius 2 is 1.87 bits per heavy atom. The third-order valence-electron chi connectivity index (χ3n) is 5.39. The van der Waals surface area contributed by atoms with E-state index in [0.717, 1.165) is 32.1 Å². The van der Waals surface area contributed by atoms with Gasteiger partial charge in [0.05, 0.1) is 12.2 Å². The van der Waals surface area contributed by atoms with Gasteiger partial charge in [-0.1, -0.05) is 0 Å². The molecule has 6 nitrogen and oxygen atoms in total. The summed E-state index contributed by atoms with van der Waals surface area (Å²) < 4.78 is 25.3. The van der Waals surface area contributed by atoms with E-state index in [1.54, 1.807) is 11.0 Å². The number of carbonyl (C=O) groups excluding carboxylic acids is 2. The smallest absolute Gasteiger partial charge is 0.410 e. The number of unbranched alkanes of at least 4 members (excludes halogenated alkanes) is 1. The molecule has 0 aromatic heterocycles. The van der Waals surface area contributed by atoms with E-state index < -0.39 is 11.4 Å². The summed E-state index contributed by atoms with van der Waals surface area (Å²) in [6.07, 6.45) is 5.27. The lowest BCUT2D eigenvalue weighted by molar-refractivity contribution is 0.0179. The molecule has 0 radical (unpaired) electrons. The van der Waals surface area contributed by atoms with E-state index in [-0.39, 0.29) is 17.4 Å². The van der Waals surface area contributed by atoms with E-state index in [9.17, 15) is 14.0 Å². The Morgan fingerprint density at radius 3 is 2.48 bits per heavy atom. The summed E-state index contributed by atoms with van der Waals surface area (Å²) in [6.45, 7) is 8.08. The Balaban J connectivity index is 1.67. The molecule has 1 heterocycles. The van der Waals surface area contributed by atoms with Crippen molar-refractivity contribution < 1.29 is 23.5 Å². The third kappa shape index (κ3) is 8.85. The van der Waals surface area contributed by atoms with Crippen LogP contribution in [-0.2, 0) is 4.74 Å². The normalized spacial score (nSPS) is 15.1. The number of benzene rings is 1. The average molecular weight is 437 g/mol. The topological polar surface area (TPSA) is 81.9 Å². The number of amides is 1. The minimum Gasteiger partial charge on any atom is -0.493 e. The van der Waals surface area contributed by atoms with Crippen LogP contribution in [0.1, 0.15) is 76.1 Å². The maximum absolute atomic E-state index is 14.2. The fourth-order valence-corrected chi connectivity index (χ4v) is 3.67. The van der Waals surface area contributed by atoms with Gasteiger partial charge in [-0.05, 0) is 83.9 Å². The van der Waals surface area contributed by atoms with Crippen LogP contribution < -0.4 is 10.5 Å². The lowest BCUT2D eigenvalue weighted by atomic mass is 9.92. The number of hydrogen-bond acceptors (Lipinski definition) is 5. The summed E-state index contributed by atoms with van der Waals surface area (Å²) >= 11 is 0.